The van der Waals surface area contributed by atoms with Crippen molar-refractivity contribution in [2.24, 2.45) is 0 Å². The molecule has 2 aliphatic rings. The Kier molecular flexibility index (Phi) is 5.08. The van der Waals surface area contributed by atoms with E-state index < -0.39 is 29.1 Å². The molecular weight excluding hydrogens is 394 g/mol. The van der Waals surface area contributed by atoms with E-state index in [1.165, 1.54) is 17.4 Å². The van der Waals surface area contributed by atoms with Crippen molar-refractivity contribution >= 4 is 28.7 Å². The minimum absolute atomic E-state index is 0.00595. The topological polar surface area (TPSA) is 58.2 Å². The Bertz CT molecular complexity index is 1060. The summed E-state index contributed by atoms with van der Waals surface area (Å²) in [4.78, 5) is 26.9. The van der Waals surface area contributed by atoms with Gasteiger partial charge < -0.3 is 10.6 Å². The Morgan fingerprint density at radius 1 is 1.17 bits per heavy atom. The van der Waals surface area contributed by atoms with Crippen molar-refractivity contribution in [1.82, 2.24) is 5.32 Å². The summed E-state index contributed by atoms with van der Waals surface area (Å²) in [6.45, 7) is 3.69. The van der Waals surface area contributed by atoms with Crippen LogP contribution in [0.1, 0.15) is 42.5 Å². The van der Waals surface area contributed by atoms with E-state index in [1.807, 2.05) is 18.4 Å². The van der Waals surface area contributed by atoms with Gasteiger partial charge >= 0.3 is 0 Å². The number of amides is 1. The number of dihydropyridines is 1. The van der Waals surface area contributed by atoms with Crippen molar-refractivity contribution in [3.63, 3.8) is 0 Å². The van der Waals surface area contributed by atoms with Gasteiger partial charge in [0.2, 0.25) is 0 Å². The zero-order valence-corrected chi connectivity index (χ0v) is 16.9. The number of hydrogen-bond acceptors (Lipinski definition) is 4. The average Bonchev–Trinajstić information content (AvgIpc) is 3.09. The van der Waals surface area contributed by atoms with Crippen molar-refractivity contribution < 1.29 is 18.4 Å². The fourth-order valence-electron chi connectivity index (χ4n) is 4.02. The molecule has 0 radical (unpaired) electrons. The molecule has 4 nitrogen and oxygen atoms in total. The van der Waals surface area contributed by atoms with Crippen molar-refractivity contribution in [3.05, 3.63) is 74.3 Å². The summed E-state index contributed by atoms with van der Waals surface area (Å²) in [7, 11) is 0. The van der Waals surface area contributed by atoms with Crippen molar-refractivity contribution in [1.29, 1.82) is 0 Å². The minimum Gasteiger partial charge on any atom is -0.362 e. The lowest BCUT2D eigenvalue weighted by molar-refractivity contribution is -0.116. The average molecular weight is 414 g/mol. The number of carbonyl (C=O) groups excluding carboxylic acids is 2. The molecule has 2 heterocycles. The molecule has 0 saturated carbocycles. The molecule has 1 atom stereocenters. The van der Waals surface area contributed by atoms with Crippen LogP contribution < -0.4 is 10.6 Å². The van der Waals surface area contributed by atoms with Gasteiger partial charge in [0.05, 0.1) is 5.92 Å². The Labute approximate surface area is 171 Å². The van der Waals surface area contributed by atoms with Crippen LogP contribution in [0.3, 0.4) is 0 Å². The van der Waals surface area contributed by atoms with E-state index in [0.717, 1.165) is 41.1 Å². The second-order valence-corrected chi connectivity index (χ2v) is 8.23. The molecule has 1 unspecified atom stereocenters. The fourth-order valence-corrected chi connectivity index (χ4v) is 5.07. The maximum atomic E-state index is 14.1. The second-order valence-electron chi connectivity index (χ2n) is 7.28. The predicted molar refractivity (Wildman–Crippen MR) is 109 cm³/mol. The van der Waals surface area contributed by atoms with E-state index in [9.17, 15) is 18.4 Å². The summed E-state index contributed by atoms with van der Waals surface area (Å²) in [6.07, 6.45) is 1.92. The highest BCUT2D eigenvalue weighted by molar-refractivity contribution is 7.10. The SMILES string of the molecule is CC1=C(C(=O)Nc2c(F)cccc2F)C(c2sccc2C)C2=C(CCCC2=O)N1. The molecule has 1 amide bonds. The zero-order valence-electron chi connectivity index (χ0n) is 16.1. The predicted octanol–water partition coefficient (Wildman–Crippen LogP) is 4.94. The number of benzene rings is 1. The molecule has 7 heteroatoms. The maximum Gasteiger partial charge on any atom is 0.254 e. The molecule has 1 aromatic heterocycles. The largest absolute Gasteiger partial charge is 0.362 e. The van der Waals surface area contributed by atoms with Gasteiger partial charge in [0.1, 0.15) is 17.3 Å². The first kappa shape index (κ1) is 19.5. The zero-order chi connectivity index (χ0) is 20.7. The quantitative estimate of drug-likeness (QED) is 0.748. The lowest BCUT2D eigenvalue weighted by Crippen LogP contribution is -2.35. The van der Waals surface area contributed by atoms with Gasteiger partial charge in [0.25, 0.3) is 5.91 Å². The van der Waals surface area contributed by atoms with Crippen LogP contribution in [-0.4, -0.2) is 11.7 Å². The summed E-state index contributed by atoms with van der Waals surface area (Å²) >= 11 is 1.47. The fraction of sp³-hybridized carbons (Fsp3) is 0.273. The summed E-state index contributed by atoms with van der Waals surface area (Å²) in [5.74, 6) is -2.86. The number of anilines is 1. The molecule has 1 aromatic carbocycles. The summed E-state index contributed by atoms with van der Waals surface area (Å²) in [5, 5.41) is 7.50. The molecule has 29 heavy (non-hydrogen) atoms. The number of rotatable bonds is 3. The molecule has 1 aliphatic heterocycles. The van der Waals surface area contributed by atoms with Crippen LogP contribution in [0.2, 0.25) is 0 Å². The number of aryl methyl sites for hydroxylation is 1. The number of para-hydroxylation sites is 1. The van der Waals surface area contributed by atoms with E-state index in [2.05, 4.69) is 10.6 Å². The van der Waals surface area contributed by atoms with Crippen LogP contribution in [0.15, 0.2) is 52.2 Å². The van der Waals surface area contributed by atoms with Crippen LogP contribution in [-0.2, 0) is 9.59 Å². The summed E-state index contributed by atoms with van der Waals surface area (Å²) < 4.78 is 28.2. The van der Waals surface area contributed by atoms with Gasteiger partial charge in [0.15, 0.2) is 5.78 Å². The number of hydrogen-bond donors (Lipinski definition) is 2. The van der Waals surface area contributed by atoms with Crippen molar-refractivity contribution in [3.8, 4) is 0 Å². The lowest BCUT2D eigenvalue weighted by Gasteiger charge is -2.34. The molecule has 150 valence electrons. The molecule has 0 spiro atoms. The second kappa shape index (κ2) is 7.55. The third-order valence-corrected chi connectivity index (χ3v) is 6.47. The van der Waals surface area contributed by atoms with E-state index in [-0.39, 0.29) is 5.78 Å². The van der Waals surface area contributed by atoms with Gasteiger partial charge in [-0.1, -0.05) is 6.07 Å². The standard InChI is InChI=1S/C22H20F2N2O2S/c1-11-9-10-29-21(11)19-17(12(2)25-15-7-4-8-16(27)18(15)19)22(28)26-20-13(23)5-3-6-14(20)24/h3,5-6,9-10,19,25H,4,7-8H2,1-2H3,(H,26,28). The highest BCUT2D eigenvalue weighted by Crippen LogP contribution is 2.45. The van der Waals surface area contributed by atoms with E-state index in [1.54, 1.807) is 6.92 Å². The molecule has 0 bridgehead atoms. The third kappa shape index (κ3) is 3.40. The van der Waals surface area contributed by atoms with Crippen LogP contribution in [0.5, 0.6) is 0 Å². The number of nitrogens with one attached hydrogen (secondary N) is 2. The number of ketones is 1. The number of Topliss-reactive ketones (excluding diaryl/α,β-unsaturated/α-hetero) is 1. The van der Waals surface area contributed by atoms with Gasteiger partial charge in [0, 0.05) is 33.8 Å². The van der Waals surface area contributed by atoms with Gasteiger partial charge in [-0.15, -0.1) is 11.3 Å². The first-order valence-corrected chi connectivity index (χ1v) is 10.3. The molecule has 4 rings (SSSR count). The van der Waals surface area contributed by atoms with Gasteiger partial charge in [-0.3, -0.25) is 9.59 Å². The monoisotopic (exact) mass is 414 g/mol. The van der Waals surface area contributed by atoms with Crippen LogP contribution in [0.25, 0.3) is 0 Å². The molecule has 2 aromatic rings. The van der Waals surface area contributed by atoms with E-state index in [4.69, 9.17) is 0 Å². The lowest BCUT2D eigenvalue weighted by atomic mass is 9.77. The number of carbonyl (C=O) groups is 2. The molecule has 0 fully saturated rings. The Morgan fingerprint density at radius 3 is 2.55 bits per heavy atom. The van der Waals surface area contributed by atoms with Gasteiger partial charge in [-0.25, -0.2) is 8.78 Å². The molecule has 1 aliphatic carbocycles. The normalized spacial score (nSPS) is 19.2. The van der Waals surface area contributed by atoms with Crippen molar-refractivity contribution in [2.45, 2.75) is 39.0 Å². The van der Waals surface area contributed by atoms with E-state index >= 15 is 0 Å². The Balaban J connectivity index is 1.81. The molecular formula is C22H20F2N2O2S. The smallest absolute Gasteiger partial charge is 0.254 e. The minimum atomic E-state index is -0.849. The van der Waals surface area contributed by atoms with Gasteiger partial charge in [-0.2, -0.15) is 0 Å². The number of allylic oxidation sites excluding steroid dienone is 3. The summed E-state index contributed by atoms with van der Waals surface area (Å²) in [6, 6.07) is 5.36. The number of halogens is 2. The Hall–Kier alpha value is -2.80. The highest BCUT2D eigenvalue weighted by atomic mass is 32.1. The van der Waals surface area contributed by atoms with E-state index in [0.29, 0.717) is 23.3 Å². The Morgan fingerprint density at radius 2 is 1.90 bits per heavy atom. The molecule has 0 saturated heterocycles. The summed E-state index contributed by atoms with van der Waals surface area (Å²) in [5.41, 5.74) is 2.81. The van der Waals surface area contributed by atoms with Gasteiger partial charge in [-0.05, 0) is 55.8 Å². The maximum absolute atomic E-state index is 14.1. The van der Waals surface area contributed by atoms with Crippen LogP contribution >= 0.6 is 11.3 Å². The van der Waals surface area contributed by atoms with Crippen LogP contribution in [0.4, 0.5) is 14.5 Å². The third-order valence-electron chi connectivity index (χ3n) is 5.39. The first-order chi connectivity index (χ1) is 13.9. The van der Waals surface area contributed by atoms with Crippen molar-refractivity contribution in [2.75, 3.05) is 5.32 Å². The van der Waals surface area contributed by atoms with Crippen LogP contribution in [0, 0.1) is 18.6 Å². The first-order valence-electron chi connectivity index (χ1n) is 9.42. The highest BCUT2D eigenvalue weighted by Gasteiger charge is 2.39. The number of thiophene rings is 1. The molecule has 2 N–H and O–H groups in total.